The van der Waals surface area contributed by atoms with E-state index in [1.165, 1.54) is 5.56 Å². The lowest BCUT2D eigenvalue weighted by Gasteiger charge is -2.43. The number of fused-ring (bicyclic) bond motifs is 2. The van der Waals surface area contributed by atoms with Crippen LogP contribution in [-0.2, 0) is 16.4 Å². The fraction of sp³-hybridized carbons (Fsp3) is 0.429. The van der Waals surface area contributed by atoms with Crippen LogP contribution in [0.1, 0.15) is 25.3 Å². The lowest BCUT2D eigenvalue weighted by atomic mass is 9.88. The average Bonchev–Trinajstić information content (AvgIpc) is 2.96. The molecule has 2 N–H and O–H groups in total. The van der Waals surface area contributed by atoms with E-state index in [0.29, 0.717) is 11.3 Å². The minimum atomic E-state index is -3.37. The highest BCUT2D eigenvalue weighted by molar-refractivity contribution is 7.92. The molecule has 0 aliphatic carbocycles. The van der Waals surface area contributed by atoms with Crippen LogP contribution in [-0.4, -0.2) is 36.7 Å². The van der Waals surface area contributed by atoms with Crippen LogP contribution >= 0.6 is 0 Å². The first-order valence-electron chi connectivity index (χ1n) is 9.32. The van der Waals surface area contributed by atoms with Gasteiger partial charge in [-0.2, -0.15) is 0 Å². The number of benzene rings is 2. The summed E-state index contributed by atoms with van der Waals surface area (Å²) in [6, 6.07) is 19.3. The molecule has 0 saturated carbocycles. The summed E-state index contributed by atoms with van der Waals surface area (Å²) in [4.78, 5) is 2.79. The van der Waals surface area contributed by atoms with E-state index in [1.54, 1.807) is 24.3 Å². The predicted octanol–water partition coefficient (Wildman–Crippen LogP) is 2.84. The molecule has 0 spiro atoms. The Morgan fingerprint density at radius 1 is 1.00 bits per heavy atom. The van der Waals surface area contributed by atoms with E-state index in [1.807, 2.05) is 24.3 Å². The molecule has 2 heterocycles. The van der Waals surface area contributed by atoms with Crippen LogP contribution in [0.3, 0.4) is 0 Å². The van der Waals surface area contributed by atoms with Crippen LogP contribution in [0.5, 0.6) is 0 Å². The summed E-state index contributed by atoms with van der Waals surface area (Å²) in [5, 5.41) is -0.387. The van der Waals surface area contributed by atoms with Gasteiger partial charge >= 0.3 is 0 Å². The minimum absolute atomic E-state index is 0.0187. The lowest BCUT2D eigenvalue weighted by molar-refractivity contribution is 0.0763. The maximum Gasteiger partial charge on any atom is 0.182 e. The van der Waals surface area contributed by atoms with E-state index in [-0.39, 0.29) is 29.3 Å². The van der Waals surface area contributed by atoms with Gasteiger partial charge in [0.05, 0.1) is 10.1 Å². The number of piperidine rings is 1. The molecule has 0 unspecified atom stereocenters. The molecule has 2 saturated heterocycles. The van der Waals surface area contributed by atoms with Gasteiger partial charge in [0.15, 0.2) is 9.84 Å². The van der Waals surface area contributed by atoms with Crippen LogP contribution in [0.4, 0.5) is 0 Å². The largest absolute Gasteiger partial charge is 0.326 e. The fourth-order valence-corrected chi connectivity index (χ4v) is 7.03. The summed E-state index contributed by atoms with van der Waals surface area (Å²) in [5.74, 6) is 0.260. The van der Waals surface area contributed by atoms with Gasteiger partial charge < -0.3 is 5.73 Å². The number of hydrogen-bond donors (Lipinski definition) is 1. The molecular formula is C21H26N2O2S. The van der Waals surface area contributed by atoms with Crippen molar-refractivity contribution in [3.63, 3.8) is 0 Å². The normalized spacial score (nSPS) is 31.8. The maximum atomic E-state index is 13.4. The van der Waals surface area contributed by atoms with Gasteiger partial charge in [-0.25, -0.2) is 8.42 Å². The molecule has 0 amide bonds. The van der Waals surface area contributed by atoms with Crippen LogP contribution < -0.4 is 5.73 Å². The third-order valence-corrected chi connectivity index (χ3v) is 8.26. The van der Waals surface area contributed by atoms with Crippen LogP contribution in [0, 0.1) is 5.92 Å². The third kappa shape index (κ3) is 2.98. The third-order valence-electron chi connectivity index (χ3n) is 6.06. The van der Waals surface area contributed by atoms with Gasteiger partial charge in [-0.3, -0.25) is 4.90 Å². The Kier molecular flexibility index (Phi) is 4.63. The molecule has 0 radical (unpaired) electrons. The van der Waals surface area contributed by atoms with Crippen LogP contribution in [0.15, 0.2) is 65.6 Å². The highest BCUT2D eigenvalue weighted by Gasteiger charge is 2.54. The standard InChI is InChI=1S/C21H26N2O2S/c1-15-12-18(22)19-13-20(26(24,25)17-10-6-3-7-11-17)21(15)23(19)14-16-8-4-2-5-9-16/h2-11,15,18-21H,12-14,22H2,1H3/t15-,18-,19-,20+,21-/m1/s1. The van der Waals surface area contributed by atoms with Crippen LogP contribution in [0.2, 0.25) is 0 Å². The van der Waals surface area contributed by atoms with Crippen molar-refractivity contribution in [2.75, 3.05) is 0 Å². The van der Waals surface area contributed by atoms with E-state index in [2.05, 4.69) is 24.0 Å². The zero-order valence-corrected chi connectivity index (χ0v) is 15.8. The summed E-state index contributed by atoms with van der Waals surface area (Å²) < 4.78 is 26.7. The highest BCUT2D eigenvalue weighted by atomic mass is 32.2. The zero-order valence-electron chi connectivity index (χ0n) is 15.0. The number of nitrogens with two attached hydrogens (primary N) is 1. The Morgan fingerprint density at radius 2 is 1.62 bits per heavy atom. The second-order valence-corrected chi connectivity index (χ2v) is 9.89. The van der Waals surface area contributed by atoms with Gasteiger partial charge in [-0.05, 0) is 36.5 Å². The first kappa shape index (κ1) is 17.7. The SMILES string of the molecule is C[C@@H]1C[C@@H](N)[C@H]2C[C@H](S(=O)(=O)c3ccccc3)[C@@H]1N2Cc1ccccc1. The summed E-state index contributed by atoms with van der Waals surface area (Å²) in [6.45, 7) is 2.91. The molecule has 2 aliphatic heterocycles. The second kappa shape index (κ2) is 6.80. The topological polar surface area (TPSA) is 63.4 Å². The Balaban J connectivity index is 1.70. The van der Waals surface area contributed by atoms with E-state index >= 15 is 0 Å². The molecule has 4 nitrogen and oxygen atoms in total. The van der Waals surface area contributed by atoms with Gasteiger partial charge in [-0.1, -0.05) is 55.5 Å². The minimum Gasteiger partial charge on any atom is -0.326 e. The highest BCUT2D eigenvalue weighted by Crippen LogP contribution is 2.43. The van der Waals surface area contributed by atoms with Gasteiger partial charge in [-0.15, -0.1) is 0 Å². The number of nitrogens with zero attached hydrogens (tertiary/aromatic N) is 1. The molecule has 2 bridgehead atoms. The van der Waals surface area contributed by atoms with E-state index in [4.69, 9.17) is 5.73 Å². The van der Waals surface area contributed by atoms with Crippen molar-refractivity contribution in [3.05, 3.63) is 66.2 Å². The maximum absolute atomic E-state index is 13.4. The average molecular weight is 371 g/mol. The van der Waals surface area contributed by atoms with Gasteiger partial charge in [0.1, 0.15) is 0 Å². The van der Waals surface area contributed by atoms with Crippen LogP contribution in [0.25, 0.3) is 0 Å². The van der Waals surface area contributed by atoms with E-state index in [9.17, 15) is 8.42 Å². The molecule has 26 heavy (non-hydrogen) atoms. The quantitative estimate of drug-likeness (QED) is 0.899. The summed E-state index contributed by atoms with van der Waals surface area (Å²) in [5.41, 5.74) is 7.67. The molecule has 2 aromatic rings. The molecular weight excluding hydrogens is 344 g/mol. The molecule has 5 heteroatoms. The van der Waals surface area contributed by atoms with Gasteiger partial charge in [0.2, 0.25) is 0 Å². The predicted molar refractivity (Wildman–Crippen MR) is 103 cm³/mol. The smallest absolute Gasteiger partial charge is 0.182 e. The number of sulfone groups is 1. The first-order chi connectivity index (χ1) is 12.5. The lowest BCUT2D eigenvalue weighted by Crippen LogP contribution is -2.55. The summed E-state index contributed by atoms with van der Waals surface area (Å²) in [6.07, 6.45) is 1.52. The number of rotatable bonds is 4. The van der Waals surface area contributed by atoms with Crippen molar-refractivity contribution in [3.8, 4) is 0 Å². The molecule has 0 aromatic heterocycles. The van der Waals surface area contributed by atoms with Crippen molar-refractivity contribution in [1.29, 1.82) is 0 Å². The van der Waals surface area contributed by atoms with Crippen molar-refractivity contribution in [1.82, 2.24) is 4.90 Å². The molecule has 2 aliphatic rings. The summed E-state index contributed by atoms with van der Waals surface area (Å²) in [7, 11) is -3.37. The zero-order chi connectivity index (χ0) is 18.3. The van der Waals surface area contributed by atoms with Crippen molar-refractivity contribution >= 4 is 9.84 Å². The first-order valence-corrected chi connectivity index (χ1v) is 10.9. The van der Waals surface area contributed by atoms with Gasteiger partial charge in [0, 0.05) is 24.7 Å². The number of hydrogen-bond acceptors (Lipinski definition) is 4. The molecule has 2 fully saturated rings. The Labute approximate surface area is 155 Å². The fourth-order valence-electron chi connectivity index (χ4n) is 4.90. The van der Waals surface area contributed by atoms with Crippen molar-refractivity contribution < 1.29 is 8.42 Å². The molecule has 2 aromatic carbocycles. The van der Waals surface area contributed by atoms with E-state index in [0.717, 1.165) is 13.0 Å². The molecule has 5 atom stereocenters. The van der Waals surface area contributed by atoms with Crippen molar-refractivity contribution in [2.24, 2.45) is 11.7 Å². The summed E-state index contributed by atoms with van der Waals surface area (Å²) >= 11 is 0. The second-order valence-electron chi connectivity index (χ2n) is 7.72. The van der Waals surface area contributed by atoms with E-state index < -0.39 is 9.84 Å². The molecule has 138 valence electrons. The molecule has 4 rings (SSSR count). The van der Waals surface area contributed by atoms with Gasteiger partial charge in [0.25, 0.3) is 0 Å². The monoisotopic (exact) mass is 370 g/mol. The Bertz CT molecular complexity index is 854. The Hall–Kier alpha value is -1.69. The Morgan fingerprint density at radius 3 is 2.27 bits per heavy atom. The van der Waals surface area contributed by atoms with Crippen molar-refractivity contribution in [2.45, 2.75) is 54.6 Å².